The summed E-state index contributed by atoms with van der Waals surface area (Å²) in [5.41, 5.74) is 1.71. The first-order chi connectivity index (χ1) is 11.8. The molecule has 4 rings (SSSR count). The number of para-hydroxylation sites is 2. The maximum atomic E-state index is 8.94. The van der Waals surface area contributed by atoms with E-state index in [4.69, 9.17) is 5.48 Å². The molecule has 2 nitrogen and oxygen atoms in total. The highest BCUT2D eigenvalue weighted by Gasteiger charge is 2.27. The SMILES string of the molecule is [2H]C1([2H])CC(C([2H])([2H])N2c3ccccc3Sc3ccccc32)CN1C. The van der Waals surface area contributed by atoms with Crippen molar-refractivity contribution in [2.45, 2.75) is 16.2 Å². The molecule has 2 aliphatic heterocycles. The molecule has 0 spiro atoms. The van der Waals surface area contributed by atoms with E-state index in [1.807, 2.05) is 48.5 Å². The van der Waals surface area contributed by atoms with Gasteiger partial charge in [-0.1, -0.05) is 36.0 Å². The van der Waals surface area contributed by atoms with Crippen LogP contribution in [0.3, 0.4) is 0 Å². The Bertz CT molecular complexity index is 766. The fourth-order valence-electron chi connectivity index (χ4n) is 2.84. The number of hydrogen-bond acceptors (Lipinski definition) is 3. The van der Waals surface area contributed by atoms with Crippen LogP contribution in [-0.4, -0.2) is 31.5 Å². The van der Waals surface area contributed by atoms with Crippen molar-refractivity contribution >= 4 is 23.1 Å². The highest BCUT2D eigenvalue weighted by Crippen LogP contribution is 2.48. The molecular formula is C18H20N2S. The highest BCUT2D eigenvalue weighted by molar-refractivity contribution is 7.99. The molecule has 108 valence electrons. The van der Waals surface area contributed by atoms with Gasteiger partial charge in [-0.25, -0.2) is 0 Å². The smallest absolute Gasteiger partial charge is 0.0552 e. The van der Waals surface area contributed by atoms with Crippen molar-refractivity contribution in [3.8, 4) is 0 Å². The first-order valence-corrected chi connectivity index (χ1v) is 8.00. The lowest BCUT2D eigenvalue weighted by molar-refractivity contribution is 0.396. The molecule has 1 saturated heterocycles. The summed E-state index contributed by atoms with van der Waals surface area (Å²) in [7, 11) is 1.73. The predicted octanol–water partition coefficient (Wildman–Crippen LogP) is 4.24. The molecule has 0 aliphatic carbocycles. The van der Waals surface area contributed by atoms with Crippen LogP contribution >= 0.6 is 11.8 Å². The number of nitrogens with zero attached hydrogens (tertiary/aromatic N) is 2. The Kier molecular flexibility index (Phi) is 2.45. The van der Waals surface area contributed by atoms with Crippen molar-refractivity contribution in [3.05, 3.63) is 48.5 Å². The normalized spacial score (nSPS) is 27.1. The fourth-order valence-corrected chi connectivity index (χ4v) is 3.90. The Balaban J connectivity index is 1.82. The number of benzene rings is 2. The van der Waals surface area contributed by atoms with Crippen LogP contribution in [-0.2, 0) is 0 Å². The van der Waals surface area contributed by atoms with Crippen LogP contribution in [0.15, 0.2) is 58.3 Å². The second kappa shape index (κ2) is 5.39. The standard InChI is InChI=1S/C18H20N2S/c1-19-11-10-14(12-19)13-20-15-6-2-4-8-17(15)21-18-9-5-3-7-16(18)20/h2-9,14H,10-13H2,1H3/i11D2,13D2. The predicted molar refractivity (Wildman–Crippen MR) is 89.6 cm³/mol. The summed E-state index contributed by atoms with van der Waals surface area (Å²) in [4.78, 5) is 5.44. The fraction of sp³-hybridized carbons (Fsp3) is 0.333. The Morgan fingerprint density at radius 1 is 1.14 bits per heavy atom. The van der Waals surface area contributed by atoms with Crippen molar-refractivity contribution < 1.29 is 5.48 Å². The van der Waals surface area contributed by atoms with E-state index in [-0.39, 0.29) is 6.42 Å². The molecule has 0 bridgehead atoms. The highest BCUT2D eigenvalue weighted by atomic mass is 32.2. The second-order valence-electron chi connectivity index (χ2n) is 5.44. The van der Waals surface area contributed by atoms with Gasteiger partial charge in [0.2, 0.25) is 0 Å². The van der Waals surface area contributed by atoms with E-state index in [1.54, 1.807) is 28.6 Å². The molecule has 0 aromatic heterocycles. The molecule has 1 atom stereocenters. The summed E-state index contributed by atoms with van der Waals surface area (Å²) < 4.78 is 34.1. The molecule has 2 aliphatic rings. The Morgan fingerprint density at radius 2 is 1.76 bits per heavy atom. The molecule has 2 aromatic rings. The van der Waals surface area contributed by atoms with E-state index >= 15 is 0 Å². The summed E-state index contributed by atoms with van der Waals surface area (Å²) >= 11 is 1.65. The van der Waals surface area contributed by atoms with Crippen molar-refractivity contribution in [1.82, 2.24) is 4.90 Å². The van der Waals surface area contributed by atoms with E-state index in [9.17, 15) is 0 Å². The van der Waals surface area contributed by atoms with Crippen LogP contribution in [0, 0.1) is 5.92 Å². The van der Waals surface area contributed by atoms with Crippen molar-refractivity contribution in [1.29, 1.82) is 0 Å². The Hall–Kier alpha value is -1.45. The van der Waals surface area contributed by atoms with Crippen molar-refractivity contribution in [2.75, 3.05) is 31.5 Å². The van der Waals surface area contributed by atoms with Gasteiger partial charge in [0, 0.05) is 25.6 Å². The number of likely N-dealkylation sites (tertiary alicyclic amines) is 1. The number of hydrogen-bond donors (Lipinski definition) is 0. The van der Waals surface area contributed by atoms with E-state index in [2.05, 4.69) is 0 Å². The van der Waals surface area contributed by atoms with Gasteiger partial charge in [0.15, 0.2) is 0 Å². The minimum Gasteiger partial charge on any atom is -0.339 e. The number of rotatable bonds is 2. The van der Waals surface area contributed by atoms with Crippen LogP contribution in [0.1, 0.15) is 11.9 Å². The summed E-state index contributed by atoms with van der Waals surface area (Å²) in [6.45, 7) is -2.76. The van der Waals surface area contributed by atoms with Gasteiger partial charge >= 0.3 is 0 Å². The van der Waals surface area contributed by atoms with E-state index < -0.39 is 18.9 Å². The van der Waals surface area contributed by atoms with Gasteiger partial charge in [-0.15, -0.1) is 0 Å². The number of anilines is 2. The lowest BCUT2D eigenvalue weighted by Gasteiger charge is -2.34. The molecule has 3 heteroatoms. The third kappa shape index (κ3) is 2.45. The van der Waals surface area contributed by atoms with E-state index in [0.29, 0.717) is 6.54 Å². The molecule has 0 radical (unpaired) electrons. The maximum absolute atomic E-state index is 8.94. The molecule has 0 amide bonds. The minimum absolute atomic E-state index is 0.185. The average molecular weight is 300 g/mol. The summed E-state index contributed by atoms with van der Waals surface area (Å²) in [6, 6.07) is 15.7. The second-order valence-corrected chi connectivity index (χ2v) is 6.53. The van der Waals surface area contributed by atoms with Crippen LogP contribution < -0.4 is 4.90 Å². The van der Waals surface area contributed by atoms with Gasteiger partial charge < -0.3 is 9.80 Å². The molecular weight excluding hydrogens is 276 g/mol. The van der Waals surface area contributed by atoms with Gasteiger partial charge in [0.25, 0.3) is 0 Å². The zero-order valence-electron chi connectivity index (χ0n) is 15.9. The van der Waals surface area contributed by atoms with Crippen LogP contribution in [0.25, 0.3) is 0 Å². The van der Waals surface area contributed by atoms with Gasteiger partial charge in [-0.2, -0.15) is 0 Å². The van der Waals surface area contributed by atoms with Crippen LogP contribution in [0.2, 0.25) is 0 Å². The van der Waals surface area contributed by atoms with Crippen LogP contribution in [0.5, 0.6) is 0 Å². The van der Waals surface area contributed by atoms with Crippen molar-refractivity contribution in [3.63, 3.8) is 0 Å². The van der Waals surface area contributed by atoms with Crippen LogP contribution in [0.4, 0.5) is 11.4 Å². The largest absolute Gasteiger partial charge is 0.339 e. The molecule has 0 N–H and O–H groups in total. The molecule has 1 unspecified atom stereocenters. The zero-order chi connectivity index (χ0) is 17.8. The zero-order valence-corrected chi connectivity index (χ0v) is 12.7. The monoisotopic (exact) mass is 300 g/mol. The topological polar surface area (TPSA) is 6.48 Å². The quantitative estimate of drug-likeness (QED) is 0.819. The summed E-state index contributed by atoms with van der Waals surface area (Å²) in [5.74, 6) is -0.420. The van der Waals surface area contributed by atoms with E-state index in [1.165, 1.54) is 0 Å². The first-order valence-electron chi connectivity index (χ1n) is 9.18. The lowest BCUT2D eigenvalue weighted by atomic mass is 10.1. The first kappa shape index (κ1) is 9.54. The van der Waals surface area contributed by atoms with Crippen molar-refractivity contribution in [2.24, 2.45) is 5.92 Å². The number of fused-ring (bicyclic) bond motifs is 2. The minimum atomic E-state index is -1.69. The van der Waals surface area contributed by atoms with Gasteiger partial charge in [0.1, 0.15) is 0 Å². The average Bonchev–Trinajstić information content (AvgIpc) is 2.86. The summed E-state index contributed by atoms with van der Waals surface area (Å²) in [6.07, 6.45) is 0.185. The molecule has 1 fully saturated rings. The Morgan fingerprint density at radius 3 is 2.33 bits per heavy atom. The van der Waals surface area contributed by atoms with Gasteiger partial charge in [0.05, 0.1) is 14.1 Å². The molecule has 2 heterocycles. The Labute approximate surface area is 136 Å². The molecule has 21 heavy (non-hydrogen) atoms. The lowest BCUT2D eigenvalue weighted by Crippen LogP contribution is -2.28. The van der Waals surface area contributed by atoms with E-state index in [0.717, 1.165) is 21.2 Å². The van der Waals surface area contributed by atoms with Gasteiger partial charge in [-0.3, -0.25) is 0 Å². The third-order valence-corrected chi connectivity index (χ3v) is 4.98. The third-order valence-electron chi connectivity index (χ3n) is 3.85. The van der Waals surface area contributed by atoms with Gasteiger partial charge in [-0.05, 0) is 50.1 Å². The summed E-state index contributed by atoms with van der Waals surface area (Å²) in [5, 5.41) is 0. The maximum Gasteiger partial charge on any atom is 0.0552 e. The molecule has 2 aromatic carbocycles. The molecule has 0 saturated carbocycles.